The fourth-order valence-corrected chi connectivity index (χ4v) is 4.78. The molecule has 0 aliphatic heterocycles. The lowest BCUT2D eigenvalue weighted by Crippen LogP contribution is -2.34. The van der Waals surface area contributed by atoms with Crippen molar-refractivity contribution in [3.05, 3.63) is 59.7 Å². The summed E-state index contributed by atoms with van der Waals surface area (Å²) in [6, 6.07) is 9.68. The molecule has 3 atom stereocenters. The van der Waals surface area contributed by atoms with Gasteiger partial charge in [0, 0.05) is 18.8 Å². The Hall–Kier alpha value is -2.36. The topological polar surface area (TPSA) is 59.9 Å². The van der Waals surface area contributed by atoms with E-state index in [1.165, 1.54) is 32.1 Å². The van der Waals surface area contributed by atoms with Crippen molar-refractivity contribution in [2.75, 3.05) is 0 Å². The number of Topliss-reactive ketones (excluding diaryl/α,β-unsaturated/α-hetero) is 2. The fourth-order valence-electron chi connectivity index (χ4n) is 4.78. The third-order valence-electron chi connectivity index (χ3n) is 6.88. The Balaban J connectivity index is 1.71. The smallest absolute Gasteiger partial charge is 0.158 e. The second-order valence-corrected chi connectivity index (χ2v) is 9.29. The minimum atomic E-state index is -0.577. The largest absolute Gasteiger partial charge is 0.299 e. The number of rotatable bonds is 12. The molecule has 0 bridgehead atoms. The first-order valence-corrected chi connectivity index (χ1v) is 12.6. The maximum absolute atomic E-state index is 13.6. The van der Waals surface area contributed by atoms with Gasteiger partial charge in [-0.1, -0.05) is 82.7 Å². The zero-order valence-corrected chi connectivity index (χ0v) is 19.8. The molecule has 1 fully saturated rings. The normalized spacial score (nSPS) is 19.6. The van der Waals surface area contributed by atoms with E-state index in [-0.39, 0.29) is 11.6 Å². The van der Waals surface area contributed by atoms with Gasteiger partial charge in [-0.15, -0.1) is 0 Å². The minimum absolute atomic E-state index is 0.0422. The highest BCUT2D eigenvalue weighted by atomic mass is 16.2. The summed E-state index contributed by atoms with van der Waals surface area (Å²) in [5.74, 6) is -0.133. The van der Waals surface area contributed by atoms with E-state index >= 15 is 0 Å². The summed E-state index contributed by atoms with van der Waals surface area (Å²) < 4.78 is 0. The van der Waals surface area contributed by atoms with Crippen LogP contribution in [0.2, 0.25) is 0 Å². The molecule has 0 N–H and O–H groups in total. The van der Waals surface area contributed by atoms with Gasteiger partial charge < -0.3 is 0 Å². The average Bonchev–Trinajstić information content (AvgIpc) is 2.83. The van der Waals surface area contributed by atoms with Crippen LogP contribution in [0.25, 0.3) is 0 Å². The van der Waals surface area contributed by atoms with Crippen molar-refractivity contribution in [1.29, 1.82) is 0 Å². The first kappa shape index (κ1) is 24.3. The van der Waals surface area contributed by atoms with E-state index in [1.807, 2.05) is 42.7 Å². The van der Waals surface area contributed by atoms with Crippen LogP contribution in [0.3, 0.4) is 0 Å². The molecule has 1 aliphatic rings. The number of benzene rings is 1. The Bertz CT molecular complexity index is 847. The molecule has 32 heavy (non-hydrogen) atoms. The maximum Gasteiger partial charge on any atom is 0.158 e. The Morgan fingerprint density at radius 3 is 2.31 bits per heavy atom. The lowest BCUT2D eigenvalue weighted by atomic mass is 9.74. The van der Waals surface area contributed by atoms with E-state index in [4.69, 9.17) is 0 Å². The SMILES string of the molecule is CCCCCCCCc1cnc(C(C(=O)C2CCC(CC)CC2=O)c2ccccc2)nc1. The monoisotopic (exact) mass is 434 g/mol. The molecule has 1 aromatic heterocycles. The molecule has 1 aromatic carbocycles. The molecule has 0 spiro atoms. The van der Waals surface area contributed by atoms with E-state index in [0.717, 1.165) is 36.8 Å². The molecule has 0 radical (unpaired) electrons. The Kier molecular flexibility index (Phi) is 9.58. The highest BCUT2D eigenvalue weighted by Crippen LogP contribution is 2.34. The van der Waals surface area contributed by atoms with Crippen LogP contribution in [-0.4, -0.2) is 21.5 Å². The van der Waals surface area contributed by atoms with Crippen molar-refractivity contribution in [3.63, 3.8) is 0 Å². The molecular formula is C28H38N2O2. The van der Waals surface area contributed by atoms with Crippen LogP contribution in [0.15, 0.2) is 42.7 Å². The van der Waals surface area contributed by atoms with E-state index in [2.05, 4.69) is 23.8 Å². The van der Waals surface area contributed by atoms with E-state index in [1.54, 1.807) is 0 Å². The van der Waals surface area contributed by atoms with Crippen LogP contribution >= 0.6 is 0 Å². The van der Waals surface area contributed by atoms with Crippen LogP contribution in [0.1, 0.15) is 101 Å². The van der Waals surface area contributed by atoms with Crippen molar-refractivity contribution >= 4 is 11.6 Å². The number of carbonyl (C=O) groups is 2. The van der Waals surface area contributed by atoms with Gasteiger partial charge in [-0.2, -0.15) is 0 Å². The molecule has 1 saturated carbocycles. The lowest BCUT2D eigenvalue weighted by Gasteiger charge is -2.28. The first-order chi connectivity index (χ1) is 15.6. The third-order valence-corrected chi connectivity index (χ3v) is 6.88. The molecule has 3 unspecified atom stereocenters. The summed E-state index contributed by atoms with van der Waals surface area (Å²) >= 11 is 0. The number of nitrogens with zero attached hydrogens (tertiary/aromatic N) is 2. The Morgan fingerprint density at radius 1 is 0.969 bits per heavy atom. The van der Waals surface area contributed by atoms with Gasteiger partial charge in [0.2, 0.25) is 0 Å². The summed E-state index contributed by atoms with van der Waals surface area (Å²) in [4.78, 5) is 35.6. The van der Waals surface area contributed by atoms with Gasteiger partial charge in [-0.3, -0.25) is 9.59 Å². The molecular weight excluding hydrogens is 396 g/mol. The van der Waals surface area contributed by atoms with Gasteiger partial charge >= 0.3 is 0 Å². The van der Waals surface area contributed by atoms with Gasteiger partial charge in [-0.25, -0.2) is 9.97 Å². The summed E-state index contributed by atoms with van der Waals surface area (Å²) in [5, 5.41) is 0. The number of ketones is 2. The maximum atomic E-state index is 13.6. The Morgan fingerprint density at radius 2 is 1.66 bits per heavy atom. The zero-order chi connectivity index (χ0) is 22.8. The quantitative estimate of drug-likeness (QED) is 0.283. The van der Waals surface area contributed by atoms with Gasteiger partial charge in [-0.05, 0) is 42.7 Å². The number of hydrogen-bond acceptors (Lipinski definition) is 4. The molecule has 1 heterocycles. The molecule has 2 aromatic rings. The van der Waals surface area contributed by atoms with Crippen LogP contribution in [-0.2, 0) is 16.0 Å². The number of hydrogen-bond donors (Lipinski definition) is 0. The fraction of sp³-hybridized carbons (Fsp3) is 0.571. The van der Waals surface area contributed by atoms with E-state index in [0.29, 0.717) is 24.6 Å². The standard InChI is InChI=1S/C28H38N2O2/c1-3-5-6-7-8-10-13-22-19-29-28(30-20-22)26(23-14-11-9-12-15-23)27(32)24-17-16-21(4-2)18-25(24)31/h9,11-12,14-15,19-21,24,26H,3-8,10,13,16-18H2,1-2H3. The second-order valence-electron chi connectivity index (χ2n) is 9.29. The summed E-state index contributed by atoms with van der Waals surface area (Å²) in [5.41, 5.74) is 1.98. The van der Waals surface area contributed by atoms with Crippen molar-refractivity contribution in [2.24, 2.45) is 11.8 Å². The van der Waals surface area contributed by atoms with E-state index in [9.17, 15) is 9.59 Å². The zero-order valence-electron chi connectivity index (χ0n) is 19.8. The molecule has 1 aliphatic carbocycles. The van der Waals surface area contributed by atoms with Crippen molar-refractivity contribution in [1.82, 2.24) is 9.97 Å². The summed E-state index contributed by atoms with van der Waals surface area (Å²) in [7, 11) is 0. The van der Waals surface area contributed by atoms with Crippen molar-refractivity contribution in [2.45, 2.75) is 90.4 Å². The van der Waals surface area contributed by atoms with Crippen LogP contribution in [0, 0.1) is 11.8 Å². The number of carbonyl (C=O) groups excluding carboxylic acids is 2. The highest BCUT2D eigenvalue weighted by molar-refractivity contribution is 6.06. The third kappa shape index (κ3) is 6.57. The van der Waals surface area contributed by atoms with Gasteiger partial charge in [0.25, 0.3) is 0 Å². The number of aromatic nitrogens is 2. The second kappa shape index (κ2) is 12.6. The average molecular weight is 435 g/mol. The van der Waals surface area contributed by atoms with Crippen LogP contribution in [0.4, 0.5) is 0 Å². The first-order valence-electron chi connectivity index (χ1n) is 12.6. The van der Waals surface area contributed by atoms with Gasteiger partial charge in [0.15, 0.2) is 5.78 Å². The van der Waals surface area contributed by atoms with Crippen LogP contribution < -0.4 is 0 Å². The van der Waals surface area contributed by atoms with Gasteiger partial charge in [0.1, 0.15) is 17.5 Å². The molecule has 3 rings (SSSR count). The summed E-state index contributed by atoms with van der Waals surface area (Å²) in [6.45, 7) is 4.35. The van der Waals surface area contributed by atoms with Crippen LogP contribution in [0.5, 0.6) is 0 Å². The minimum Gasteiger partial charge on any atom is -0.299 e. The predicted octanol–water partition coefficient (Wildman–Crippen LogP) is 6.48. The number of unbranched alkanes of at least 4 members (excludes halogenated alkanes) is 5. The van der Waals surface area contributed by atoms with E-state index < -0.39 is 11.8 Å². The number of aryl methyl sites for hydroxylation is 1. The van der Waals surface area contributed by atoms with Gasteiger partial charge in [0.05, 0.1) is 5.92 Å². The summed E-state index contributed by atoms with van der Waals surface area (Å²) in [6.07, 6.45) is 15.4. The Labute approximate surface area is 193 Å². The molecule has 4 nitrogen and oxygen atoms in total. The van der Waals surface area contributed by atoms with Crippen molar-refractivity contribution < 1.29 is 9.59 Å². The molecule has 4 heteroatoms. The molecule has 172 valence electrons. The molecule has 0 saturated heterocycles. The lowest BCUT2D eigenvalue weighted by molar-refractivity contribution is -0.135. The highest BCUT2D eigenvalue weighted by Gasteiger charge is 2.38. The molecule has 0 amide bonds. The van der Waals surface area contributed by atoms with Crippen molar-refractivity contribution in [3.8, 4) is 0 Å². The predicted molar refractivity (Wildman–Crippen MR) is 129 cm³/mol.